The van der Waals surface area contributed by atoms with Gasteiger partial charge >= 0.3 is 29.6 Å². The summed E-state index contributed by atoms with van der Waals surface area (Å²) < 4.78 is 30.8. The number of unbranched alkanes of at least 4 members (excludes halogenated alkanes) is 6. The zero-order valence-electron chi connectivity index (χ0n) is 16.3. The summed E-state index contributed by atoms with van der Waals surface area (Å²) in [4.78, 5) is 23.6. The van der Waals surface area contributed by atoms with Gasteiger partial charge in [-0.25, -0.2) is 0 Å². The van der Waals surface area contributed by atoms with Crippen LogP contribution in [0.3, 0.4) is 0 Å². The molecule has 0 radical (unpaired) electrons. The van der Waals surface area contributed by atoms with E-state index >= 15 is 0 Å². The van der Waals surface area contributed by atoms with E-state index in [1.807, 2.05) is 0 Å². The number of amides is 2. The molecule has 0 saturated heterocycles. The standard InChI is InChI=1S/C15H30N2O6S.Na.H/c1-2-3-4-5-6-7-8-9-14(19)17-13(12-24(21,22)23)15(20)16-10-11-18;;/h13,18H,2-12H2,1H3,(H,16,20)(H,17,19)(H,21,22,23);;/q;+1;-1. The first-order valence-corrected chi connectivity index (χ1v) is 10.0. The van der Waals surface area contributed by atoms with E-state index in [1.165, 1.54) is 19.3 Å². The van der Waals surface area contributed by atoms with Crippen molar-refractivity contribution in [2.24, 2.45) is 0 Å². The fourth-order valence-electron chi connectivity index (χ4n) is 2.20. The third kappa shape index (κ3) is 17.0. The number of carbonyl (C=O) groups excluding carboxylic acids is 2. The molecule has 25 heavy (non-hydrogen) atoms. The molecule has 0 saturated carbocycles. The third-order valence-corrected chi connectivity index (χ3v) is 4.20. The molecule has 0 heterocycles. The summed E-state index contributed by atoms with van der Waals surface area (Å²) in [5, 5.41) is 13.3. The fourth-order valence-corrected chi connectivity index (χ4v) is 2.86. The van der Waals surface area contributed by atoms with Gasteiger partial charge in [0.1, 0.15) is 11.8 Å². The van der Waals surface area contributed by atoms with Crippen LogP contribution in [0.1, 0.15) is 59.7 Å². The number of aliphatic hydroxyl groups excluding tert-OH is 1. The average Bonchev–Trinajstić information content (AvgIpc) is 2.49. The second-order valence-corrected chi connectivity index (χ2v) is 7.25. The minimum Gasteiger partial charge on any atom is -1.00 e. The van der Waals surface area contributed by atoms with Crippen molar-refractivity contribution in [1.82, 2.24) is 10.6 Å². The second-order valence-electron chi connectivity index (χ2n) is 5.75. The van der Waals surface area contributed by atoms with Crippen LogP contribution >= 0.6 is 0 Å². The molecule has 0 spiro atoms. The molecule has 0 aliphatic carbocycles. The van der Waals surface area contributed by atoms with Gasteiger partial charge in [-0.2, -0.15) is 8.42 Å². The number of nitrogens with one attached hydrogen (secondary N) is 2. The van der Waals surface area contributed by atoms with Crippen molar-refractivity contribution in [3.8, 4) is 0 Å². The Labute approximate surface area is 174 Å². The number of hydrogen-bond donors (Lipinski definition) is 4. The fraction of sp³-hybridized carbons (Fsp3) is 0.867. The van der Waals surface area contributed by atoms with Gasteiger partial charge in [-0.05, 0) is 6.42 Å². The van der Waals surface area contributed by atoms with Crippen LogP contribution in [-0.4, -0.2) is 54.8 Å². The van der Waals surface area contributed by atoms with Gasteiger partial charge in [0.15, 0.2) is 0 Å². The number of aliphatic hydroxyl groups is 1. The van der Waals surface area contributed by atoms with Gasteiger partial charge in [0, 0.05) is 13.0 Å². The van der Waals surface area contributed by atoms with Gasteiger partial charge in [0.05, 0.1) is 6.61 Å². The van der Waals surface area contributed by atoms with Gasteiger partial charge < -0.3 is 17.2 Å². The van der Waals surface area contributed by atoms with E-state index in [2.05, 4.69) is 17.6 Å². The van der Waals surface area contributed by atoms with E-state index in [4.69, 9.17) is 9.66 Å². The molecule has 0 aromatic rings. The first kappa shape index (κ1) is 27.0. The number of rotatable bonds is 14. The van der Waals surface area contributed by atoms with E-state index < -0.39 is 33.7 Å². The molecule has 4 N–H and O–H groups in total. The molecule has 0 fully saturated rings. The summed E-state index contributed by atoms with van der Waals surface area (Å²) in [5.74, 6) is -2.08. The van der Waals surface area contributed by atoms with Crippen LogP contribution < -0.4 is 40.2 Å². The molecular weight excluding hydrogens is 359 g/mol. The number of carbonyl (C=O) groups is 2. The summed E-state index contributed by atoms with van der Waals surface area (Å²) >= 11 is 0. The topological polar surface area (TPSA) is 133 Å². The minimum atomic E-state index is -4.42. The smallest absolute Gasteiger partial charge is 1.00 e. The molecule has 0 rings (SSSR count). The Hall–Kier alpha value is -0.190. The van der Waals surface area contributed by atoms with Crippen molar-refractivity contribution >= 4 is 21.9 Å². The zero-order chi connectivity index (χ0) is 18.4. The maximum atomic E-state index is 11.8. The molecule has 0 aromatic heterocycles. The largest absolute Gasteiger partial charge is 1.00 e. The normalized spacial score (nSPS) is 12.1. The number of hydrogen-bond acceptors (Lipinski definition) is 5. The van der Waals surface area contributed by atoms with Crippen molar-refractivity contribution in [2.75, 3.05) is 18.9 Å². The average molecular weight is 390 g/mol. The summed E-state index contributed by atoms with van der Waals surface area (Å²) in [5.41, 5.74) is 0. The van der Waals surface area contributed by atoms with Crippen LogP contribution in [0.4, 0.5) is 0 Å². The Morgan fingerprint density at radius 3 is 2.16 bits per heavy atom. The summed E-state index contributed by atoms with van der Waals surface area (Å²) in [6.45, 7) is 1.77. The van der Waals surface area contributed by atoms with Gasteiger partial charge in [-0.15, -0.1) is 0 Å². The van der Waals surface area contributed by atoms with Crippen LogP contribution in [0.5, 0.6) is 0 Å². The minimum absolute atomic E-state index is 0. The first-order chi connectivity index (χ1) is 11.3. The van der Waals surface area contributed by atoms with E-state index in [-0.39, 0.29) is 50.6 Å². The van der Waals surface area contributed by atoms with Crippen molar-refractivity contribution in [3.05, 3.63) is 0 Å². The van der Waals surface area contributed by atoms with Crippen molar-refractivity contribution in [3.63, 3.8) is 0 Å². The SMILES string of the molecule is CCCCCCCCCC(=O)NC(CS(=O)(=O)O)C(=O)NCCO.[H-].[Na+]. The van der Waals surface area contributed by atoms with Crippen LogP contribution in [0, 0.1) is 0 Å². The van der Waals surface area contributed by atoms with Gasteiger partial charge in [-0.3, -0.25) is 14.1 Å². The van der Waals surface area contributed by atoms with Crippen LogP contribution in [0.25, 0.3) is 0 Å². The maximum Gasteiger partial charge on any atom is 1.00 e. The van der Waals surface area contributed by atoms with Crippen molar-refractivity contribution in [1.29, 1.82) is 0 Å². The molecule has 0 aliphatic heterocycles. The molecule has 10 heteroatoms. The van der Waals surface area contributed by atoms with Gasteiger partial charge in [0.2, 0.25) is 11.8 Å². The van der Waals surface area contributed by atoms with Crippen molar-refractivity contribution < 1.29 is 58.7 Å². The Kier molecular flexibility index (Phi) is 17.3. The maximum absolute atomic E-state index is 11.8. The Morgan fingerprint density at radius 1 is 1.08 bits per heavy atom. The Balaban J connectivity index is -0.00000264. The van der Waals surface area contributed by atoms with E-state index in [0.29, 0.717) is 6.42 Å². The summed E-state index contributed by atoms with van der Waals surface area (Å²) in [7, 11) is -4.42. The summed E-state index contributed by atoms with van der Waals surface area (Å²) in [6, 6.07) is -1.37. The van der Waals surface area contributed by atoms with Crippen LogP contribution in [0.2, 0.25) is 0 Å². The molecular formula is C15H31N2NaO6S. The molecule has 1 atom stereocenters. The third-order valence-electron chi connectivity index (χ3n) is 3.45. The molecule has 0 aliphatic rings. The zero-order valence-corrected chi connectivity index (χ0v) is 18.1. The molecule has 0 bridgehead atoms. The predicted molar refractivity (Wildman–Crippen MR) is 92.2 cm³/mol. The van der Waals surface area contributed by atoms with E-state index in [1.54, 1.807) is 0 Å². The van der Waals surface area contributed by atoms with Crippen molar-refractivity contribution in [2.45, 2.75) is 64.3 Å². The Morgan fingerprint density at radius 2 is 1.64 bits per heavy atom. The first-order valence-electron chi connectivity index (χ1n) is 8.43. The van der Waals surface area contributed by atoms with Crippen LogP contribution in [-0.2, 0) is 19.7 Å². The van der Waals surface area contributed by atoms with Crippen LogP contribution in [0.15, 0.2) is 0 Å². The molecule has 0 aromatic carbocycles. The van der Waals surface area contributed by atoms with Gasteiger partial charge in [-0.1, -0.05) is 45.4 Å². The second kappa shape index (κ2) is 16.0. The molecule has 2 amide bonds. The predicted octanol–water partition coefficient (Wildman–Crippen LogP) is -2.28. The monoisotopic (exact) mass is 390 g/mol. The molecule has 8 nitrogen and oxygen atoms in total. The van der Waals surface area contributed by atoms with E-state index in [0.717, 1.165) is 19.3 Å². The quantitative estimate of drug-likeness (QED) is 0.150. The molecule has 144 valence electrons. The molecule has 1 unspecified atom stereocenters. The summed E-state index contributed by atoms with van der Waals surface area (Å²) in [6.07, 6.45) is 7.50. The van der Waals surface area contributed by atoms with Gasteiger partial charge in [0.25, 0.3) is 10.1 Å². The van der Waals surface area contributed by atoms with E-state index in [9.17, 15) is 18.0 Å². The Bertz CT molecular complexity index is 479.